The van der Waals surface area contributed by atoms with E-state index in [2.05, 4.69) is 10.3 Å². The van der Waals surface area contributed by atoms with Crippen molar-refractivity contribution in [3.63, 3.8) is 0 Å². The van der Waals surface area contributed by atoms with E-state index in [0.29, 0.717) is 5.56 Å². The van der Waals surface area contributed by atoms with Crippen molar-refractivity contribution in [2.45, 2.75) is 19.9 Å². The summed E-state index contributed by atoms with van der Waals surface area (Å²) in [6.07, 6.45) is 3.22. The minimum absolute atomic E-state index is 0.0537. The molecule has 1 heterocycles. The molecule has 1 N–H and O–H groups in total. The van der Waals surface area contributed by atoms with E-state index in [1.807, 2.05) is 13.8 Å². The fourth-order valence-electron chi connectivity index (χ4n) is 1.96. The Morgan fingerprint density at radius 1 is 1.24 bits per heavy atom. The number of nitrogens with zero attached hydrogens (tertiary/aromatic N) is 2. The second-order valence-corrected chi connectivity index (χ2v) is 4.85. The first-order chi connectivity index (χ1) is 9.99. The molecule has 2 aromatic rings. The quantitative estimate of drug-likeness (QED) is 0.691. The number of non-ortho nitro benzene ring substituents is 1. The van der Waals surface area contributed by atoms with E-state index >= 15 is 0 Å². The molecule has 0 saturated heterocycles. The Balaban J connectivity index is 2.54. The maximum absolute atomic E-state index is 12.3. The number of rotatable bonds is 4. The third kappa shape index (κ3) is 3.42. The number of carbonyl (C=O) groups excluding carboxylic acids is 1. The lowest BCUT2D eigenvalue weighted by molar-refractivity contribution is -0.384. The monoisotopic (exact) mass is 285 g/mol. The van der Waals surface area contributed by atoms with Gasteiger partial charge in [-0.05, 0) is 43.2 Å². The van der Waals surface area contributed by atoms with Gasteiger partial charge in [0, 0.05) is 30.6 Å². The molecule has 6 nitrogen and oxygen atoms in total. The zero-order valence-electron chi connectivity index (χ0n) is 11.7. The third-order valence-electron chi connectivity index (χ3n) is 2.87. The van der Waals surface area contributed by atoms with Gasteiger partial charge in [-0.15, -0.1) is 0 Å². The Kier molecular flexibility index (Phi) is 4.27. The molecule has 0 saturated carbocycles. The molecule has 1 aromatic carbocycles. The minimum atomic E-state index is -0.511. The lowest BCUT2D eigenvalue weighted by Crippen LogP contribution is -2.30. The molecule has 0 spiro atoms. The second kappa shape index (κ2) is 6.13. The van der Waals surface area contributed by atoms with Gasteiger partial charge in [0.25, 0.3) is 11.6 Å². The molecule has 0 aliphatic heterocycles. The van der Waals surface area contributed by atoms with Crippen LogP contribution in [-0.4, -0.2) is 21.9 Å². The lowest BCUT2D eigenvalue weighted by Gasteiger charge is -2.12. The molecule has 1 aromatic heterocycles. The maximum Gasteiger partial charge on any atom is 0.270 e. The van der Waals surface area contributed by atoms with Crippen LogP contribution in [0.5, 0.6) is 0 Å². The lowest BCUT2D eigenvalue weighted by atomic mass is 9.99. The van der Waals surface area contributed by atoms with E-state index < -0.39 is 4.92 Å². The van der Waals surface area contributed by atoms with E-state index in [9.17, 15) is 14.9 Å². The van der Waals surface area contributed by atoms with Crippen molar-refractivity contribution >= 4 is 11.6 Å². The molecule has 0 unspecified atom stereocenters. The van der Waals surface area contributed by atoms with Crippen molar-refractivity contribution in [1.29, 1.82) is 0 Å². The molecule has 0 bridgehead atoms. The molecule has 0 aliphatic rings. The van der Waals surface area contributed by atoms with Crippen LogP contribution in [0.1, 0.15) is 24.2 Å². The Morgan fingerprint density at radius 2 is 1.90 bits per heavy atom. The predicted octanol–water partition coefficient (Wildman–Crippen LogP) is 2.80. The van der Waals surface area contributed by atoms with E-state index in [4.69, 9.17) is 0 Å². The van der Waals surface area contributed by atoms with Crippen LogP contribution < -0.4 is 5.32 Å². The average molecular weight is 285 g/mol. The van der Waals surface area contributed by atoms with Crippen LogP contribution in [0.3, 0.4) is 0 Å². The molecule has 6 heteroatoms. The first-order valence-electron chi connectivity index (χ1n) is 6.48. The number of hydrogen-bond donors (Lipinski definition) is 1. The molecule has 108 valence electrons. The number of hydrogen-bond acceptors (Lipinski definition) is 4. The number of nitrogens with one attached hydrogen (secondary N) is 1. The van der Waals surface area contributed by atoms with Gasteiger partial charge in [0.1, 0.15) is 0 Å². The standard InChI is InChI=1S/C15H15N3O3/c1-10(2)17-15(19)14-9-12(18(20)21)3-4-13(14)11-5-7-16-8-6-11/h3-10H,1-2H3,(H,17,19). The van der Waals surface area contributed by atoms with Gasteiger partial charge < -0.3 is 5.32 Å². The molecule has 2 rings (SSSR count). The van der Waals surface area contributed by atoms with Crippen molar-refractivity contribution in [3.8, 4) is 11.1 Å². The number of nitro benzene ring substituents is 1. The molecular weight excluding hydrogens is 270 g/mol. The Morgan fingerprint density at radius 3 is 2.48 bits per heavy atom. The highest BCUT2D eigenvalue weighted by Gasteiger charge is 2.18. The molecule has 0 aliphatic carbocycles. The highest BCUT2D eigenvalue weighted by atomic mass is 16.6. The normalized spacial score (nSPS) is 10.4. The van der Waals surface area contributed by atoms with Gasteiger partial charge in [-0.2, -0.15) is 0 Å². The fourth-order valence-corrected chi connectivity index (χ4v) is 1.96. The number of carbonyl (C=O) groups is 1. The Labute approximate surface area is 122 Å². The Bertz CT molecular complexity index is 669. The zero-order chi connectivity index (χ0) is 15.4. The summed E-state index contributed by atoms with van der Waals surface area (Å²) in [5.74, 6) is -0.333. The maximum atomic E-state index is 12.3. The van der Waals surface area contributed by atoms with Gasteiger partial charge in [-0.25, -0.2) is 0 Å². The average Bonchev–Trinajstić information content (AvgIpc) is 2.46. The van der Waals surface area contributed by atoms with Crippen molar-refractivity contribution in [1.82, 2.24) is 10.3 Å². The molecule has 0 fully saturated rings. The highest BCUT2D eigenvalue weighted by Crippen LogP contribution is 2.27. The fraction of sp³-hybridized carbons (Fsp3) is 0.200. The number of benzene rings is 1. The van der Waals surface area contributed by atoms with Crippen molar-refractivity contribution in [3.05, 3.63) is 58.4 Å². The third-order valence-corrected chi connectivity index (χ3v) is 2.87. The van der Waals surface area contributed by atoms with Gasteiger partial charge >= 0.3 is 0 Å². The first-order valence-corrected chi connectivity index (χ1v) is 6.48. The van der Waals surface area contributed by atoms with Gasteiger partial charge in [-0.1, -0.05) is 0 Å². The minimum Gasteiger partial charge on any atom is -0.350 e. The molecule has 0 radical (unpaired) electrons. The van der Waals surface area contributed by atoms with Crippen LogP contribution in [-0.2, 0) is 0 Å². The molecular formula is C15H15N3O3. The van der Waals surface area contributed by atoms with Gasteiger partial charge in [0.2, 0.25) is 0 Å². The largest absolute Gasteiger partial charge is 0.350 e. The van der Waals surface area contributed by atoms with Gasteiger partial charge in [-0.3, -0.25) is 19.9 Å². The predicted molar refractivity (Wildman–Crippen MR) is 78.9 cm³/mol. The summed E-state index contributed by atoms with van der Waals surface area (Å²) in [5, 5.41) is 13.7. The van der Waals surface area contributed by atoms with Crippen LogP contribution in [0.2, 0.25) is 0 Å². The summed E-state index contributed by atoms with van der Waals surface area (Å²) in [5.41, 5.74) is 1.60. The van der Waals surface area contributed by atoms with E-state index in [1.165, 1.54) is 12.1 Å². The Hall–Kier alpha value is -2.76. The van der Waals surface area contributed by atoms with Crippen molar-refractivity contribution < 1.29 is 9.72 Å². The van der Waals surface area contributed by atoms with E-state index in [0.717, 1.165) is 5.56 Å². The van der Waals surface area contributed by atoms with Gasteiger partial charge in [0.15, 0.2) is 0 Å². The molecule has 21 heavy (non-hydrogen) atoms. The summed E-state index contributed by atoms with van der Waals surface area (Å²) in [7, 11) is 0. The highest BCUT2D eigenvalue weighted by molar-refractivity contribution is 6.01. The van der Waals surface area contributed by atoms with Crippen LogP contribution >= 0.6 is 0 Å². The topological polar surface area (TPSA) is 85.1 Å². The number of amides is 1. The number of pyridine rings is 1. The SMILES string of the molecule is CC(C)NC(=O)c1cc([N+](=O)[O-])ccc1-c1ccncc1. The first kappa shape index (κ1) is 14.6. The summed E-state index contributed by atoms with van der Waals surface area (Å²) in [6.45, 7) is 3.67. The van der Waals surface area contributed by atoms with Crippen LogP contribution in [0.25, 0.3) is 11.1 Å². The molecule has 0 atom stereocenters. The summed E-state index contributed by atoms with van der Waals surface area (Å²) < 4.78 is 0. The van der Waals surface area contributed by atoms with Crippen molar-refractivity contribution in [2.75, 3.05) is 0 Å². The summed E-state index contributed by atoms with van der Waals surface area (Å²) >= 11 is 0. The van der Waals surface area contributed by atoms with Gasteiger partial charge in [0.05, 0.1) is 10.5 Å². The van der Waals surface area contributed by atoms with Crippen LogP contribution in [0.4, 0.5) is 5.69 Å². The van der Waals surface area contributed by atoms with E-state index in [-0.39, 0.29) is 23.2 Å². The smallest absolute Gasteiger partial charge is 0.270 e. The summed E-state index contributed by atoms with van der Waals surface area (Å²) in [4.78, 5) is 26.6. The van der Waals surface area contributed by atoms with Crippen LogP contribution in [0.15, 0.2) is 42.7 Å². The zero-order valence-corrected chi connectivity index (χ0v) is 11.7. The molecule has 1 amide bonds. The number of nitro groups is 1. The van der Waals surface area contributed by atoms with Crippen molar-refractivity contribution in [2.24, 2.45) is 0 Å². The number of aromatic nitrogens is 1. The van der Waals surface area contributed by atoms with E-state index in [1.54, 1.807) is 30.6 Å². The summed E-state index contributed by atoms with van der Waals surface area (Å²) in [6, 6.07) is 7.74. The van der Waals surface area contributed by atoms with Crippen LogP contribution in [0, 0.1) is 10.1 Å². The second-order valence-electron chi connectivity index (χ2n) is 4.85.